The Hall–Kier alpha value is -2.78. The number of benzene rings is 1. The fraction of sp³-hybridized carbons (Fsp3) is 0.294. The molecule has 0 aliphatic carbocycles. The molecule has 2 aromatic rings. The highest BCUT2D eigenvalue weighted by Gasteiger charge is 2.15. The lowest BCUT2D eigenvalue weighted by Gasteiger charge is -2.20. The van der Waals surface area contributed by atoms with E-state index >= 15 is 0 Å². The summed E-state index contributed by atoms with van der Waals surface area (Å²) in [5, 5.41) is 18.1. The second-order valence-corrected chi connectivity index (χ2v) is 5.14. The van der Waals surface area contributed by atoms with Gasteiger partial charge in [0.15, 0.2) is 11.5 Å². The van der Waals surface area contributed by atoms with Crippen LogP contribution in [-0.4, -0.2) is 29.5 Å². The van der Waals surface area contributed by atoms with Gasteiger partial charge in [-0.1, -0.05) is 0 Å². The average Bonchev–Trinajstić information content (AvgIpc) is 2.60. The van der Waals surface area contributed by atoms with Crippen molar-refractivity contribution in [3.63, 3.8) is 0 Å². The molecule has 1 N–H and O–H groups in total. The van der Waals surface area contributed by atoms with Crippen LogP contribution in [-0.2, 0) is 6.54 Å². The maximum atomic E-state index is 12.4. The Balaban J connectivity index is 2.10. The van der Waals surface area contributed by atoms with Gasteiger partial charge in [-0.15, -0.1) is 0 Å². The summed E-state index contributed by atoms with van der Waals surface area (Å²) in [6.45, 7) is 1.32. The van der Waals surface area contributed by atoms with Crippen LogP contribution in [0.15, 0.2) is 35.1 Å². The minimum Gasteiger partial charge on any atom is -0.486 e. The maximum absolute atomic E-state index is 12.4. The van der Waals surface area contributed by atoms with Gasteiger partial charge in [0.05, 0.1) is 5.69 Å². The summed E-state index contributed by atoms with van der Waals surface area (Å²) < 4.78 is 12.6. The van der Waals surface area contributed by atoms with Crippen molar-refractivity contribution in [2.75, 3.05) is 19.8 Å². The lowest BCUT2D eigenvalue weighted by Crippen LogP contribution is -2.24. The Morgan fingerprint density at radius 2 is 1.96 bits per heavy atom. The SMILES string of the molecule is N#Cc1ccc(-c2ccc3c(c2)OCCO3)n(CCCO)c1=O. The fourth-order valence-electron chi connectivity index (χ4n) is 2.57. The van der Waals surface area contributed by atoms with Gasteiger partial charge in [0, 0.05) is 18.7 Å². The third kappa shape index (κ3) is 2.91. The molecule has 0 saturated heterocycles. The number of aliphatic hydroxyl groups excluding tert-OH is 1. The number of pyridine rings is 1. The molecule has 0 spiro atoms. The van der Waals surface area contributed by atoms with Gasteiger partial charge in [-0.25, -0.2) is 0 Å². The Bertz CT molecular complexity index is 820. The van der Waals surface area contributed by atoms with E-state index in [2.05, 4.69) is 0 Å². The van der Waals surface area contributed by atoms with Crippen molar-refractivity contribution >= 4 is 0 Å². The highest BCUT2D eigenvalue weighted by molar-refractivity contribution is 5.65. The van der Waals surface area contributed by atoms with E-state index in [1.54, 1.807) is 6.07 Å². The van der Waals surface area contributed by atoms with Crippen molar-refractivity contribution in [3.05, 3.63) is 46.2 Å². The van der Waals surface area contributed by atoms with Crippen molar-refractivity contribution in [1.82, 2.24) is 4.57 Å². The van der Waals surface area contributed by atoms with E-state index in [-0.39, 0.29) is 17.7 Å². The van der Waals surface area contributed by atoms with Crippen molar-refractivity contribution in [3.8, 4) is 28.8 Å². The lowest BCUT2D eigenvalue weighted by atomic mass is 10.1. The second-order valence-electron chi connectivity index (χ2n) is 5.14. The number of rotatable bonds is 4. The summed E-state index contributed by atoms with van der Waals surface area (Å²) in [4.78, 5) is 12.4. The molecule has 1 aromatic heterocycles. The number of hydrogen-bond donors (Lipinski definition) is 1. The monoisotopic (exact) mass is 312 g/mol. The molecule has 0 saturated carbocycles. The van der Waals surface area contributed by atoms with Crippen LogP contribution in [0.1, 0.15) is 12.0 Å². The Kier molecular flexibility index (Phi) is 4.31. The van der Waals surface area contributed by atoms with Crippen molar-refractivity contribution < 1.29 is 14.6 Å². The zero-order valence-electron chi connectivity index (χ0n) is 12.5. The van der Waals surface area contributed by atoms with Crippen LogP contribution in [0.2, 0.25) is 0 Å². The van der Waals surface area contributed by atoms with Gasteiger partial charge in [-0.3, -0.25) is 4.79 Å². The number of ether oxygens (including phenoxy) is 2. The molecule has 2 heterocycles. The van der Waals surface area contributed by atoms with Gasteiger partial charge < -0.3 is 19.1 Å². The third-order valence-electron chi connectivity index (χ3n) is 3.67. The summed E-state index contributed by atoms with van der Waals surface area (Å²) in [5.74, 6) is 1.32. The number of fused-ring (bicyclic) bond motifs is 1. The van der Waals surface area contributed by atoms with Crippen LogP contribution in [0.25, 0.3) is 11.3 Å². The standard InChI is InChI=1S/C17H16N2O4/c18-11-13-2-4-14(19(17(13)21)6-1-7-20)12-3-5-15-16(10-12)23-9-8-22-15/h2-5,10,20H,1,6-9H2. The topological polar surface area (TPSA) is 84.5 Å². The molecule has 6 heteroatoms. The first-order valence-corrected chi connectivity index (χ1v) is 7.39. The summed E-state index contributed by atoms with van der Waals surface area (Å²) in [7, 11) is 0. The van der Waals surface area contributed by atoms with Gasteiger partial charge in [-0.2, -0.15) is 5.26 Å². The second kappa shape index (κ2) is 6.55. The molecule has 3 rings (SSSR count). The molecule has 0 atom stereocenters. The number of aromatic nitrogens is 1. The summed E-state index contributed by atoms with van der Waals surface area (Å²) >= 11 is 0. The number of nitrogens with zero attached hydrogens (tertiary/aromatic N) is 2. The van der Waals surface area contributed by atoms with E-state index in [0.717, 1.165) is 5.56 Å². The minimum atomic E-state index is -0.353. The molecule has 23 heavy (non-hydrogen) atoms. The van der Waals surface area contributed by atoms with Crippen LogP contribution < -0.4 is 15.0 Å². The zero-order chi connectivity index (χ0) is 16.2. The zero-order valence-corrected chi connectivity index (χ0v) is 12.5. The molecule has 0 radical (unpaired) electrons. The van der Waals surface area contributed by atoms with E-state index in [0.29, 0.717) is 43.4 Å². The molecule has 0 unspecified atom stereocenters. The largest absolute Gasteiger partial charge is 0.486 e. The first-order valence-electron chi connectivity index (χ1n) is 7.39. The predicted molar refractivity (Wildman–Crippen MR) is 83.5 cm³/mol. The van der Waals surface area contributed by atoms with E-state index in [1.807, 2.05) is 24.3 Å². The third-order valence-corrected chi connectivity index (χ3v) is 3.67. The quantitative estimate of drug-likeness (QED) is 0.925. The summed E-state index contributed by atoms with van der Waals surface area (Å²) in [5.41, 5.74) is 1.21. The highest BCUT2D eigenvalue weighted by Crippen LogP contribution is 2.34. The van der Waals surface area contributed by atoms with Crippen LogP contribution >= 0.6 is 0 Å². The first kappa shape index (κ1) is 15.1. The predicted octanol–water partition coefficient (Wildman–Crippen LogP) is 1.54. The van der Waals surface area contributed by atoms with E-state index < -0.39 is 0 Å². The molecule has 0 amide bonds. The van der Waals surface area contributed by atoms with E-state index in [4.69, 9.17) is 19.8 Å². The minimum absolute atomic E-state index is 0.0240. The van der Waals surface area contributed by atoms with Crippen LogP contribution in [0.3, 0.4) is 0 Å². The lowest BCUT2D eigenvalue weighted by molar-refractivity contribution is 0.171. The van der Waals surface area contributed by atoms with Crippen molar-refractivity contribution in [2.24, 2.45) is 0 Å². The molecule has 0 bridgehead atoms. The summed E-state index contributed by atoms with van der Waals surface area (Å²) in [6, 6.07) is 10.6. The maximum Gasteiger partial charge on any atom is 0.268 e. The van der Waals surface area contributed by atoms with Crippen molar-refractivity contribution in [2.45, 2.75) is 13.0 Å². The van der Waals surface area contributed by atoms with Crippen LogP contribution in [0.5, 0.6) is 11.5 Å². The smallest absolute Gasteiger partial charge is 0.268 e. The Morgan fingerprint density at radius 3 is 2.70 bits per heavy atom. The molecule has 118 valence electrons. The molecule has 6 nitrogen and oxygen atoms in total. The number of nitriles is 1. The average molecular weight is 312 g/mol. The fourth-order valence-corrected chi connectivity index (χ4v) is 2.57. The van der Waals surface area contributed by atoms with E-state index in [1.165, 1.54) is 10.6 Å². The van der Waals surface area contributed by atoms with Crippen LogP contribution in [0.4, 0.5) is 0 Å². The number of aliphatic hydroxyl groups is 1. The molecule has 1 aliphatic rings. The highest BCUT2D eigenvalue weighted by atomic mass is 16.6. The Morgan fingerprint density at radius 1 is 1.17 bits per heavy atom. The molecular formula is C17H16N2O4. The summed E-state index contributed by atoms with van der Waals surface area (Å²) in [6.07, 6.45) is 0.437. The van der Waals surface area contributed by atoms with Gasteiger partial charge in [0.2, 0.25) is 0 Å². The first-order chi connectivity index (χ1) is 11.2. The van der Waals surface area contributed by atoms with Crippen LogP contribution in [0, 0.1) is 11.3 Å². The van der Waals surface area contributed by atoms with E-state index in [9.17, 15) is 4.79 Å². The van der Waals surface area contributed by atoms with Gasteiger partial charge in [0.25, 0.3) is 5.56 Å². The van der Waals surface area contributed by atoms with Gasteiger partial charge in [-0.05, 0) is 36.8 Å². The molecular weight excluding hydrogens is 296 g/mol. The molecule has 1 aliphatic heterocycles. The Labute approximate surface area is 133 Å². The van der Waals surface area contributed by atoms with Gasteiger partial charge in [0.1, 0.15) is 24.8 Å². The van der Waals surface area contributed by atoms with Crippen molar-refractivity contribution in [1.29, 1.82) is 5.26 Å². The van der Waals surface area contributed by atoms with Gasteiger partial charge >= 0.3 is 0 Å². The molecule has 1 aromatic carbocycles. The normalized spacial score (nSPS) is 12.7. The molecule has 0 fully saturated rings. The number of hydrogen-bond acceptors (Lipinski definition) is 5.